The number of benzene rings is 1. The molecule has 1 amide bonds. The largest absolute Gasteiger partial charge is 0.327 e. The number of nitrogens with zero attached hydrogens (tertiary/aromatic N) is 1. The lowest BCUT2D eigenvalue weighted by molar-refractivity contribution is -0.120. The topological polar surface area (TPSA) is 58.4 Å². The lowest BCUT2D eigenvalue weighted by Crippen LogP contribution is -2.42. The molecule has 1 saturated heterocycles. The van der Waals surface area contributed by atoms with Gasteiger partial charge in [-0.2, -0.15) is 0 Å². The number of hydrogen-bond donors (Lipinski definition) is 2. The van der Waals surface area contributed by atoms with Crippen molar-refractivity contribution >= 4 is 24.0 Å². The Morgan fingerprint density at radius 1 is 1.29 bits per heavy atom. The first-order valence-electron chi connectivity index (χ1n) is 7.50. The van der Waals surface area contributed by atoms with Crippen LogP contribution in [0.25, 0.3) is 0 Å². The van der Waals surface area contributed by atoms with Crippen molar-refractivity contribution in [1.29, 1.82) is 0 Å². The highest BCUT2D eigenvalue weighted by atomic mass is 35.5. The van der Waals surface area contributed by atoms with E-state index in [0.717, 1.165) is 25.2 Å². The van der Waals surface area contributed by atoms with Crippen molar-refractivity contribution in [3.05, 3.63) is 30.3 Å². The van der Waals surface area contributed by atoms with E-state index in [1.807, 2.05) is 37.3 Å². The molecule has 0 bridgehead atoms. The first-order chi connectivity index (χ1) is 9.65. The molecular weight excluding hydrogens is 286 g/mol. The van der Waals surface area contributed by atoms with Gasteiger partial charge in [-0.05, 0) is 43.7 Å². The summed E-state index contributed by atoms with van der Waals surface area (Å²) in [7, 11) is 0. The van der Waals surface area contributed by atoms with Gasteiger partial charge in [-0.25, -0.2) is 0 Å². The maximum absolute atomic E-state index is 12.3. The monoisotopic (exact) mass is 309 g/mol. The van der Waals surface area contributed by atoms with E-state index >= 15 is 0 Å². The van der Waals surface area contributed by atoms with Crippen LogP contribution >= 0.6 is 12.4 Å². The lowest BCUT2D eigenvalue weighted by atomic mass is 9.98. The van der Waals surface area contributed by atoms with Crippen LogP contribution in [-0.4, -0.2) is 36.0 Å². The van der Waals surface area contributed by atoms with Crippen molar-refractivity contribution in [2.24, 2.45) is 17.6 Å². The van der Waals surface area contributed by atoms with Gasteiger partial charge in [-0.15, -0.1) is 12.4 Å². The predicted molar refractivity (Wildman–Crippen MR) is 87.5 cm³/mol. The minimum Gasteiger partial charge on any atom is -0.327 e. The fraction of sp³-hybridized carbons (Fsp3) is 0.562. The highest BCUT2D eigenvalue weighted by molar-refractivity contribution is 5.94. The van der Waals surface area contributed by atoms with Crippen molar-refractivity contribution < 1.29 is 4.79 Å². The lowest BCUT2D eigenvalue weighted by Gasteiger charge is -2.24. The highest BCUT2D eigenvalue weighted by Gasteiger charge is 2.43. The van der Waals surface area contributed by atoms with Gasteiger partial charge in [0.05, 0.1) is 6.04 Å². The van der Waals surface area contributed by atoms with Crippen molar-refractivity contribution in [2.75, 3.05) is 18.4 Å². The Morgan fingerprint density at radius 3 is 2.67 bits per heavy atom. The third-order valence-electron chi connectivity index (χ3n) is 4.91. The molecule has 1 aromatic carbocycles. The van der Waals surface area contributed by atoms with Gasteiger partial charge in [0.1, 0.15) is 0 Å². The second-order valence-corrected chi connectivity index (χ2v) is 6.15. The van der Waals surface area contributed by atoms with Gasteiger partial charge in [-0.1, -0.05) is 18.2 Å². The third-order valence-corrected chi connectivity index (χ3v) is 4.91. The SMILES string of the molecule is CC(C(=O)Nc1ccccc1)N1CC2CCC(N)C2C1.Cl. The molecule has 2 aliphatic rings. The summed E-state index contributed by atoms with van der Waals surface area (Å²) in [5.74, 6) is 1.35. The first-order valence-corrected chi connectivity index (χ1v) is 7.50. The number of fused-ring (bicyclic) bond motifs is 1. The third kappa shape index (κ3) is 3.39. The van der Waals surface area contributed by atoms with Crippen LogP contribution < -0.4 is 11.1 Å². The summed E-state index contributed by atoms with van der Waals surface area (Å²) < 4.78 is 0. The molecule has 4 nitrogen and oxygen atoms in total. The molecule has 4 unspecified atom stereocenters. The summed E-state index contributed by atoms with van der Waals surface area (Å²) in [4.78, 5) is 14.6. The van der Waals surface area contributed by atoms with E-state index in [0.29, 0.717) is 17.9 Å². The molecule has 0 aromatic heterocycles. The average Bonchev–Trinajstić information content (AvgIpc) is 3.02. The van der Waals surface area contributed by atoms with Crippen molar-refractivity contribution in [3.63, 3.8) is 0 Å². The quantitative estimate of drug-likeness (QED) is 0.899. The predicted octanol–water partition coefficient (Wildman–Crippen LogP) is 2.10. The minimum absolute atomic E-state index is 0. The number of rotatable bonds is 3. The number of amides is 1. The van der Waals surface area contributed by atoms with E-state index in [4.69, 9.17) is 5.73 Å². The van der Waals surface area contributed by atoms with Crippen LogP contribution in [0.15, 0.2) is 30.3 Å². The van der Waals surface area contributed by atoms with Gasteiger partial charge in [0.25, 0.3) is 0 Å². The number of para-hydroxylation sites is 1. The molecule has 21 heavy (non-hydrogen) atoms. The number of hydrogen-bond acceptors (Lipinski definition) is 3. The van der Waals surface area contributed by atoms with Crippen LogP contribution in [0.3, 0.4) is 0 Å². The molecule has 3 N–H and O–H groups in total. The Balaban J connectivity index is 0.00000161. The van der Waals surface area contributed by atoms with E-state index in [9.17, 15) is 4.79 Å². The molecule has 1 aromatic rings. The number of carbonyl (C=O) groups excluding carboxylic acids is 1. The number of anilines is 1. The molecule has 1 heterocycles. The summed E-state index contributed by atoms with van der Waals surface area (Å²) in [6.45, 7) is 3.97. The van der Waals surface area contributed by atoms with Gasteiger partial charge in [0.15, 0.2) is 0 Å². The summed E-state index contributed by atoms with van der Waals surface area (Å²) in [5.41, 5.74) is 7.02. The number of carbonyl (C=O) groups is 1. The van der Waals surface area contributed by atoms with E-state index in [2.05, 4.69) is 10.2 Å². The molecule has 5 heteroatoms. The number of halogens is 1. The van der Waals surface area contributed by atoms with Crippen molar-refractivity contribution in [2.45, 2.75) is 31.8 Å². The summed E-state index contributed by atoms with van der Waals surface area (Å²) in [5, 5.41) is 2.98. The fourth-order valence-corrected chi connectivity index (χ4v) is 3.59. The molecule has 1 saturated carbocycles. The van der Waals surface area contributed by atoms with Gasteiger partial charge in [0, 0.05) is 24.8 Å². The van der Waals surface area contributed by atoms with Crippen LogP contribution in [-0.2, 0) is 4.79 Å². The second kappa shape index (κ2) is 6.77. The number of nitrogens with two attached hydrogens (primary N) is 1. The van der Waals surface area contributed by atoms with Crippen molar-refractivity contribution in [3.8, 4) is 0 Å². The zero-order valence-electron chi connectivity index (χ0n) is 12.4. The zero-order valence-corrected chi connectivity index (χ0v) is 13.2. The van der Waals surface area contributed by atoms with Gasteiger partial charge >= 0.3 is 0 Å². The van der Waals surface area contributed by atoms with Gasteiger partial charge < -0.3 is 11.1 Å². The zero-order chi connectivity index (χ0) is 14.1. The highest BCUT2D eigenvalue weighted by Crippen LogP contribution is 2.37. The molecule has 0 spiro atoms. The molecule has 1 aliphatic heterocycles. The Labute approximate surface area is 132 Å². The molecule has 0 radical (unpaired) electrons. The smallest absolute Gasteiger partial charge is 0.241 e. The van der Waals surface area contributed by atoms with Crippen LogP contribution in [0.1, 0.15) is 19.8 Å². The molecule has 2 fully saturated rings. The van der Waals surface area contributed by atoms with Crippen LogP contribution in [0.2, 0.25) is 0 Å². The van der Waals surface area contributed by atoms with E-state index in [1.165, 1.54) is 6.42 Å². The minimum atomic E-state index is -0.0898. The van der Waals surface area contributed by atoms with Gasteiger partial charge in [0.2, 0.25) is 5.91 Å². The second-order valence-electron chi connectivity index (χ2n) is 6.15. The van der Waals surface area contributed by atoms with E-state index in [1.54, 1.807) is 0 Å². The van der Waals surface area contributed by atoms with Crippen LogP contribution in [0.4, 0.5) is 5.69 Å². The molecule has 4 atom stereocenters. The normalized spacial score (nSPS) is 29.5. The Kier molecular flexibility index (Phi) is 5.25. The summed E-state index contributed by atoms with van der Waals surface area (Å²) in [6, 6.07) is 9.88. The Morgan fingerprint density at radius 2 is 2.00 bits per heavy atom. The van der Waals surface area contributed by atoms with Crippen molar-refractivity contribution in [1.82, 2.24) is 4.90 Å². The van der Waals surface area contributed by atoms with E-state index < -0.39 is 0 Å². The standard InChI is InChI=1S/C16H23N3O.ClH/c1-11(16(20)18-13-5-3-2-4-6-13)19-9-12-7-8-15(17)14(12)10-19;/h2-6,11-12,14-15H,7-10,17H2,1H3,(H,18,20);1H. The van der Waals surface area contributed by atoms with Crippen LogP contribution in [0, 0.1) is 11.8 Å². The van der Waals surface area contributed by atoms with E-state index in [-0.39, 0.29) is 24.4 Å². The summed E-state index contributed by atoms with van der Waals surface area (Å²) >= 11 is 0. The molecule has 1 aliphatic carbocycles. The number of likely N-dealkylation sites (tertiary alicyclic amines) is 1. The number of nitrogens with one attached hydrogen (secondary N) is 1. The average molecular weight is 310 g/mol. The maximum atomic E-state index is 12.3. The molecule has 3 rings (SSSR count). The Bertz CT molecular complexity index is 482. The fourth-order valence-electron chi connectivity index (χ4n) is 3.59. The Hall–Kier alpha value is -1.10. The van der Waals surface area contributed by atoms with Gasteiger partial charge in [-0.3, -0.25) is 9.69 Å². The summed E-state index contributed by atoms with van der Waals surface area (Å²) in [6.07, 6.45) is 2.36. The molecule has 116 valence electrons. The van der Waals surface area contributed by atoms with Crippen LogP contribution in [0.5, 0.6) is 0 Å². The molecular formula is C16H24ClN3O. The first kappa shape index (κ1) is 16.3. The maximum Gasteiger partial charge on any atom is 0.241 e.